The minimum Gasteiger partial charge on any atom is -0.351 e. The third-order valence-electron chi connectivity index (χ3n) is 5.25. The molecule has 7 heteroatoms. The number of nitrogens with zero attached hydrogens (tertiary/aromatic N) is 1. The Morgan fingerprint density at radius 2 is 1.61 bits per heavy atom. The lowest BCUT2D eigenvalue weighted by Crippen LogP contribution is -2.48. The molecule has 1 aliphatic heterocycles. The molecule has 1 fully saturated rings. The lowest BCUT2D eigenvalue weighted by Gasteiger charge is -2.38. The Morgan fingerprint density at radius 3 is 2.21 bits per heavy atom. The largest absolute Gasteiger partial charge is 0.351 e. The first-order chi connectivity index (χ1) is 13.3. The van der Waals surface area contributed by atoms with E-state index in [1.807, 2.05) is 6.92 Å². The van der Waals surface area contributed by atoms with E-state index in [2.05, 4.69) is 5.32 Å². The minimum atomic E-state index is -0.704. The molecule has 28 heavy (non-hydrogen) atoms. The number of nitrogens with one attached hydrogen (secondary N) is 1. The highest BCUT2D eigenvalue weighted by atomic mass is 19.1. The molecule has 3 rings (SSSR count). The summed E-state index contributed by atoms with van der Waals surface area (Å²) in [6.07, 6.45) is 0.912. The van der Waals surface area contributed by atoms with Gasteiger partial charge in [0.1, 0.15) is 17.5 Å². The van der Waals surface area contributed by atoms with E-state index in [0.29, 0.717) is 31.5 Å². The highest BCUT2D eigenvalue weighted by Gasteiger charge is 2.38. The van der Waals surface area contributed by atoms with Gasteiger partial charge in [-0.25, -0.2) is 13.2 Å². The Kier molecular flexibility index (Phi) is 5.72. The number of hydrogen-bond donors (Lipinski definition) is 1. The highest BCUT2D eigenvalue weighted by molar-refractivity contribution is 5.94. The van der Waals surface area contributed by atoms with E-state index in [9.17, 15) is 22.8 Å². The van der Waals surface area contributed by atoms with Crippen molar-refractivity contribution in [3.05, 3.63) is 71.0 Å². The maximum atomic E-state index is 13.7. The summed E-state index contributed by atoms with van der Waals surface area (Å²) in [5.74, 6) is -2.21. The van der Waals surface area contributed by atoms with Gasteiger partial charge in [0.15, 0.2) is 0 Å². The summed E-state index contributed by atoms with van der Waals surface area (Å²) < 4.78 is 39.7. The quantitative estimate of drug-likeness (QED) is 0.866. The van der Waals surface area contributed by atoms with Crippen molar-refractivity contribution in [2.75, 3.05) is 13.1 Å². The fraction of sp³-hybridized carbons (Fsp3) is 0.333. The number of hydrogen-bond acceptors (Lipinski definition) is 2. The summed E-state index contributed by atoms with van der Waals surface area (Å²) in [6.45, 7) is 2.57. The van der Waals surface area contributed by atoms with Gasteiger partial charge in [0.05, 0.1) is 0 Å². The molecular weight excluding hydrogens is 369 g/mol. The Hall–Kier alpha value is -2.83. The summed E-state index contributed by atoms with van der Waals surface area (Å²) in [6, 6.07) is 8.59. The number of rotatable bonds is 4. The first-order valence-electron chi connectivity index (χ1n) is 9.05. The van der Waals surface area contributed by atoms with Crippen LogP contribution in [0.3, 0.4) is 0 Å². The van der Waals surface area contributed by atoms with E-state index in [-0.39, 0.29) is 23.9 Å². The van der Waals surface area contributed by atoms with Crippen LogP contribution in [0.25, 0.3) is 0 Å². The summed E-state index contributed by atoms with van der Waals surface area (Å²) in [4.78, 5) is 26.7. The topological polar surface area (TPSA) is 49.4 Å². The number of carbonyl (C=O) groups excluding carboxylic acids is 2. The SMILES string of the molecule is CC1(C(=O)NCc2ccc(F)cc2F)CCN(C(=O)c2ccc(F)cc2)CC1. The van der Waals surface area contributed by atoms with Crippen LogP contribution in [0.5, 0.6) is 0 Å². The third-order valence-corrected chi connectivity index (χ3v) is 5.25. The van der Waals surface area contributed by atoms with Gasteiger partial charge < -0.3 is 10.2 Å². The average Bonchev–Trinajstić information content (AvgIpc) is 2.68. The summed E-state index contributed by atoms with van der Waals surface area (Å²) in [5.41, 5.74) is -0.0701. The number of piperidine rings is 1. The van der Waals surface area contributed by atoms with Crippen LogP contribution in [-0.4, -0.2) is 29.8 Å². The molecule has 2 aromatic rings. The van der Waals surface area contributed by atoms with Crippen molar-refractivity contribution in [3.63, 3.8) is 0 Å². The molecule has 1 saturated heterocycles. The molecule has 1 aliphatic rings. The van der Waals surface area contributed by atoms with Crippen LogP contribution in [0.2, 0.25) is 0 Å². The molecule has 4 nitrogen and oxygen atoms in total. The fourth-order valence-electron chi connectivity index (χ4n) is 3.26. The van der Waals surface area contributed by atoms with Gasteiger partial charge >= 0.3 is 0 Å². The molecule has 0 aliphatic carbocycles. The smallest absolute Gasteiger partial charge is 0.253 e. The van der Waals surface area contributed by atoms with Gasteiger partial charge in [-0.15, -0.1) is 0 Å². The van der Waals surface area contributed by atoms with Crippen molar-refractivity contribution in [1.29, 1.82) is 0 Å². The van der Waals surface area contributed by atoms with Gasteiger partial charge in [0.2, 0.25) is 5.91 Å². The van der Waals surface area contributed by atoms with Crippen LogP contribution in [0.4, 0.5) is 13.2 Å². The van der Waals surface area contributed by atoms with Crippen LogP contribution < -0.4 is 5.32 Å². The number of carbonyl (C=O) groups is 2. The first-order valence-corrected chi connectivity index (χ1v) is 9.05. The molecule has 0 bridgehead atoms. The van der Waals surface area contributed by atoms with Crippen LogP contribution in [-0.2, 0) is 11.3 Å². The van der Waals surface area contributed by atoms with E-state index in [4.69, 9.17) is 0 Å². The first kappa shape index (κ1) is 19.9. The van der Waals surface area contributed by atoms with Gasteiger partial charge in [0, 0.05) is 42.2 Å². The lowest BCUT2D eigenvalue weighted by atomic mass is 9.79. The Morgan fingerprint density at radius 1 is 1.00 bits per heavy atom. The van der Waals surface area contributed by atoms with Crippen LogP contribution >= 0.6 is 0 Å². The second-order valence-electron chi connectivity index (χ2n) is 7.28. The molecule has 0 atom stereocenters. The van der Waals surface area contributed by atoms with Gasteiger partial charge in [-0.1, -0.05) is 13.0 Å². The van der Waals surface area contributed by atoms with Gasteiger partial charge in [-0.2, -0.15) is 0 Å². The normalized spacial score (nSPS) is 15.9. The van der Waals surface area contributed by atoms with E-state index in [0.717, 1.165) is 12.1 Å². The molecule has 0 aromatic heterocycles. The monoisotopic (exact) mass is 390 g/mol. The van der Waals surface area contributed by atoms with E-state index < -0.39 is 22.9 Å². The molecule has 0 unspecified atom stereocenters. The molecule has 148 valence electrons. The predicted octanol–water partition coefficient (Wildman–Crippen LogP) is 3.66. The summed E-state index contributed by atoms with van der Waals surface area (Å²) >= 11 is 0. The Labute approximate surface area is 161 Å². The molecule has 2 aromatic carbocycles. The zero-order chi connectivity index (χ0) is 20.3. The number of amides is 2. The second kappa shape index (κ2) is 8.04. The minimum absolute atomic E-state index is 0.0290. The Bertz CT molecular complexity index is 876. The van der Waals surface area contributed by atoms with E-state index in [1.54, 1.807) is 4.90 Å². The zero-order valence-electron chi connectivity index (χ0n) is 15.5. The molecule has 2 amide bonds. The summed E-state index contributed by atoms with van der Waals surface area (Å²) in [7, 11) is 0. The standard InChI is InChI=1S/C21H21F3N2O2/c1-21(20(28)25-13-15-4-7-17(23)12-18(15)24)8-10-26(11-9-21)19(27)14-2-5-16(22)6-3-14/h2-7,12H,8-11,13H2,1H3,(H,25,28). The van der Waals surface area contributed by atoms with Crippen LogP contribution in [0.15, 0.2) is 42.5 Å². The number of benzene rings is 2. The van der Waals surface area contributed by atoms with Gasteiger partial charge in [-0.05, 0) is 43.2 Å². The lowest BCUT2D eigenvalue weighted by molar-refractivity contribution is -0.132. The predicted molar refractivity (Wildman–Crippen MR) is 97.8 cm³/mol. The van der Waals surface area contributed by atoms with Gasteiger partial charge in [0.25, 0.3) is 5.91 Å². The van der Waals surface area contributed by atoms with Crippen molar-refractivity contribution in [2.24, 2.45) is 5.41 Å². The van der Waals surface area contributed by atoms with Crippen molar-refractivity contribution in [1.82, 2.24) is 10.2 Å². The average molecular weight is 390 g/mol. The van der Waals surface area contributed by atoms with Crippen LogP contribution in [0.1, 0.15) is 35.7 Å². The zero-order valence-corrected chi connectivity index (χ0v) is 15.5. The molecule has 1 N–H and O–H groups in total. The molecular formula is C21H21F3N2O2. The third kappa shape index (κ3) is 4.35. The van der Waals surface area contributed by atoms with Crippen molar-refractivity contribution in [2.45, 2.75) is 26.3 Å². The van der Waals surface area contributed by atoms with Crippen molar-refractivity contribution in [3.8, 4) is 0 Å². The fourth-order valence-corrected chi connectivity index (χ4v) is 3.26. The molecule has 1 heterocycles. The van der Waals surface area contributed by atoms with E-state index in [1.165, 1.54) is 30.3 Å². The van der Waals surface area contributed by atoms with Crippen LogP contribution in [0, 0.1) is 22.9 Å². The number of halogens is 3. The summed E-state index contributed by atoms with van der Waals surface area (Å²) in [5, 5.41) is 2.70. The second-order valence-corrected chi connectivity index (χ2v) is 7.28. The Balaban J connectivity index is 1.56. The number of likely N-dealkylation sites (tertiary alicyclic amines) is 1. The molecule has 0 saturated carbocycles. The molecule has 0 radical (unpaired) electrons. The maximum absolute atomic E-state index is 13.7. The highest BCUT2D eigenvalue weighted by Crippen LogP contribution is 2.32. The van der Waals surface area contributed by atoms with E-state index >= 15 is 0 Å². The van der Waals surface area contributed by atoms with Gasteiger partial charge in [-0.3, -0.25) is 9.59 Å². The molecule has 0 spiro atoms. The van der Waals surface area contributed by atoms with Crippen molar-refractivity contribution < 1.29 is 22.8 Å². The van der Waals surface area contributed by atoms with Crippen molar-refractivity contribution >= 4 is 11.8 Å². The maximum Gasteiger partial charge on any atom is 0.253 e.